The van der Waals surface area contributed by atoms with E-state index in [9.17, 15) is 9.59 Å². The summed E-state index contributed by atoms with van der Waals surface area (Å²) in [5, 5.41) is 0. The van der Waals surface area contributed by atoms with Crippen LogP contribution in [0.3, 0.4) is 0 Å². The molecule has 1 amide bonds. The number of hydrogen-bond acceptors (Lipinski definition) is 4. The smallest absolute Gasteiger partial charge is 0.307 e. The van der Waals surface area contributed by atoms with Crippen LogP contribution in [0, 0.1) is 0 Å². The van der Waals surface area contributed by atoms with Crippen LogP contribution >= 0.6 is 11.3 Å². The molecular weight excluding hydrogens is 300 g/mol. The number of rotatable bonds is 6. The number of aromatic nitrogens is 1. The molecule has 5 nitrogen and oxygen atoms in total. The summed E-state index contributed by atoms with van der Waals surface area (Å²) < 4.78 is 7.94. The van der Waals surface area contributed by atoms with E-state index in [0.717, 1.165) is 16.6 Å². The lowest BCUT2D eigenvalue weighted by Crippen LogP contribution is -2.19. The summed E-state index contributed by atoms with van der Waals surface area (Å²) in [5.41, 5.74) is 0.986. The van der Waals surface area contributed by atoms with Crippen LogP contribution in [0.4, 0.5) is 0 Å². The number of carbonyl (C=O) groups excluding carboxylic acids is 2. The highest BCUT2D eigenvalue weighted by molar-refractivity contribution is 7.16. The number of fused-ring (bicyclic) bond motifs is 1. The molecule has 0 bridgehead atoms. The minimum atomic E-state index is -0.240. The van der Waals surface area contributed by atoms with Gasteiger partial charge in [0.15, 0.2) is 4.80 Å². The van der Waals surface area contributed by atoms with Crippen molar-refractivity contribution in [1.82, 2.24) is 4.57 Å². The van der Waals surface area contributed by atoms with Gasteiger partial charge in [-0.25, -0.2) is 0 Å². The molecule has 2 aromatic rings. The fraction of sp³-hybridized carbons (Fsp3) is 0.438. The van der Waals surface area contributed by atoms with Gasteiger partial charge in [-0.15, -0.1) is 0 Å². The second-order valence-corrected chi connectivity index (χ2v) is 5.82. The maximum absolute atomic E-state index is 11.8. The number of nitrogens with zero attached hydrogens (tertiary/aromatic N) is 2. The summed E-state index contributed by atoms with van der Waals surface area (Å²) in [6, 6.07) is 7.85. The van der Waals surface area contributed by atoms with Crippen molar-refractivity contribution >= 4 is 33.4 Å². The van der Waals surface area contributed by atoms with Crippen LogP contribution in [-0.2, 0) is 20.9 Å². The Morgan fingerprint density at radius 3 is 2.73 bits per heavy atom. The first-order valence-corrected chi connectivity index (χ1v) is 8.29. The first kappa shape index (κ1) is 16.4. The van der Waals surface area contributed by atoms with Crippen molar-refractivity contribution < 1.29 is 14.3 Å². The molecule has 0 saturated heterocycles. The number of hydrogen-bond donors (Lipinski definition) is 0. The Balaban J connectivity index is 2.36. The molecule has 1 heterocycles. The number of ether oxygens (including phenoxy) is 1. The van der Waals surface area contributed by atoms with Gasteiger partial charge >= 0.3 is 5.97 Å². The van der Waals surface area contributed by atoms with Crippen LogP contribution in [0.15, 0.2) is 29.3 Å². The zero-order valence-electron chi connectivity index (χ0n) is 12.9. The summed E-state index contributed by atoms with van der Waals surface area (Å²) in [7, 11) is 0. The van der Waals surface area contributed by atoms with Crippen molar-refractivity contribution in [2.24, 2.45) is 4.99 Å². The molecule has 1 aromatic heterocycles. The Morgan fingerprint density at radius 2 is 2.00 bits per heavy atom. The van der Waals surface area contributed by atoms with Gasteiger partial charge in [-0.3, -0.25) is 9.59 Å². The van der Waals surface area contributed by atoms with Crippen molar-refractivity contribution in [3.63, 3.8) is 0 Å². The summed E-state index contributed by atoms with van der Waals surface area (Å²) in [6.07, 6.45) is 1.48. The van der Waals surface area contributed by atoms with E-state index in [1.807, 2.05) is 35.8 Å². The van der Waals surface area contributed by atoms with Crippen molar-refractivity contribution in [2.45, 2.75) is 39.7 Å². The molecule has 0 atom stereocenters. The zero-order valence-corrected chi connectivity index (χ0v) is 13.7. The molecule has 2 rings (SSSR count). The third-order valence-electron chi connectivity index (χ3n) is 3.12. The maximum atomic E-state index is 11.8. The Kier molecular flexibility index (Phi) is 5.89. The summed E-state index contributed by atoms with van der Waals surface area (Å²) in [6.45, 7) is 4.57. The lowest BCUT2D eigenvalue weighted by Gasteiger charge is -2.05. The van der Waals surface area contributed by atoms with Crippen molar-refractivity contribution in [3.8, 4) is 0 Å². The molecule has 0 aliphatic heterocycles. The van der Waals surface area contributed by atoms with Crippen molar-refractivity contribution in [2.75, 3.05) is 6.61 Å². The first-order chi connectivity index (χ1) is 10.7. The van der Waals surface area contributed by atoms with Gasteiger partial charge in [0, 0.05) is 13.0 Å². The molecule has 1 aromatic carbocycles. The highest BCUT2D eigenvalue weighted by Crippen LogP contribution is 2.17. The average Bonchev–Trinajstić information content (AvgIpc) is 2.83. The van der Waals surface area contributed by atoms with Crippen molar-refractivity contribution in [1.29, 1.82) is 0 Å². The average molecular weight is 320 g/mol. The molecule has 0 saturated carbocycles. The number of thiazole rings is 1. The van der Waals surface area contributed by atoms with E-state index in [2.05, 4.69) is 4.99 Å². The second-order valence-electron chi connectivity index (χ2n) is 4.81. The molecule has 0 aliphatic rings. The van der Waals surface area contributed by atoms with Gasteiger partial charge in [-0.2, -0.15) is 4.99 Å². The van der Waals surface area contributed by atoms with Crippen molar-refractivity contribution in [3.05, 3.63) is 29.1 Å². The molecular formula is C16H20N2O3S. The lowest BCUT2D eigenvalue weighted by atomic mass is 10.3. The molecule has 0 N–H and O–H groups in total. The third-order valence-corrected chi connectivity index (χ3v) is 4.18. The first-order valence-electron chi connectivity index (χ1n) is 7.47. The number of benzene rings is 1. The fourth-order valence-corrected chi connectivity index (χ4v) is 3.21. The minimum Gasteiger partial charge on any atom is -0.466 e. The van der Waals surface area contributed by atoms with Gasteiger partial charge in [0.05, 0.1) is 23.2 Å². The van der Waals surface area contributed by atoms with E-state index < -0.39 is 0 Å². The van der Waals surface area contributed by atoms with E-state index in [1.54, 1.807) is 6.92 Å². The number of carbonyl (C=O) groups is 2. The molecule has 0 aliphatic carbocycles. The minimum absolute atomic E-state index is 0.126. The molecule has 0 radical (unpaired) electrons. The number of amides is 1. The normalized spacial score (nSPS) is 11.8. The number of para-hydroxylation sites is 1. The van der Waals surface area contributed by atoms with E-state index in [4.69, 9.17) is 4.74 Å². The van der Waals surface area contributed by atoms with Gasteiger partial charge in [0.2, 0.25) is 5.91 Å². The molecule has 6 heteroatoms. The Hall–Kier alpha value is -1.95. The van der Waals surface area contributed by atoms with Crippen LogP contribution in [0.5, 0.6) is 0 Å². The van der Waals surface area contributed by atoms with Gasteiger partial charge < -0.3 is 9.30 Å². The standard InChI is InChI=1S/C16H20N2O3S/c1-3-7-14(19)17-16-18(11-10-15(20)21-4-2)12-8-5-6-9-13(12)22-16/h5-6,8-9H,3-4,7,10-11H2,1-2H3. The summed E-state index contributed by atoms with van der Waals surface area (Å²) in [5.74, 6) is -0.366. The number of esters is 1. The topological polar surface area (TPSA) is 60.7 Å². The molecule has 0 unspecified atom stereocenters. The van der Waals surface area contributed by atoms with E-state index in [-0.39, 0.29) is 18.3 Å². The molecule has 0 spiro atoms. The largest absolute Gasteiger partial charge is 0.466 e. The Morgan fingerprint density at radius 1 is 1.23 bits per heavy atom. The van der Waals surface area contributed by atoms with E-state index in [1.165, 1.54) is 11.3 Å². The monoisotopic (exact) mass is 320 g/mol. The highest BCUT2D eigenvalue weighted by atomic mass is 32.1. The predicted molar refractivity (Wildman–Crippen MR) is 86.5 cm³/mol. The Labute approximate surface area is 133 Å². The van der Waals surface area contributed by atoms with Gasteiger partial charge in [0.25, 0.3) is 0 Å². The van der Waals surface area contributed by atoms with Crippen LogP contribution in [-0.4, -0.2) is 23.1 Å². The summed E-state index contributed by atoms with van der Waals surface area (Å²) >= 11 is 1.47. The van der Waals surface area contributed by atoms with Crippen LogP contribution < -0.4 is 4.80 Å². The van der Waals surface area contributed by atoms with Gasteiger partial charge in [-0.1, -0.05) is 30.4 Å². The van der Waals surface area contributed by atoms with Crippen LogP contribution in [0.2, 0.25) is 0 Å². The van der Waals surface area contributed by atoms with Crippen LogP contribution in [0.25, 0.3) is 10.2 Å². The van der Waals surface area contributed by atoms with Crippen LogP contribution in [0.1, 0.15) is 33.1 Å². The maximum Gasteiger partial charge on any atom is 0.307 e. The van der Waals surface area contributed by atoms with Gasteiger partial charge in [-0.05, 0) is 25.5 Å². The third kappa shape index (κ3) is 4.04. The van der Waals surface area contributed by atoms with E-state index in [0.29, 0.717) is 24.4 Å². The second kappa shape index (κ2) is 7.89. The molecule has 0 fully saturated rings. The quantitative estimate of drug-likeness (QED) is 0.769. The Bertz CT molecular complexity index is 730. The predicted octanol–water partition coefficient (Wildman–Crippen LogP) is 2.88. The zero-order chi connectivity index (χ0) is 15.9. The molecule has 22 heavy (non-hydrogen) atoms. The number of aryl methyl sites for hydroxylation is 1. The van der Waals surface area contributed by atoms with E-state index >= 15 is 0 Å². The fourth-order valence-electron chi connectivity index (χ4n) is 2.13. The summed E-state index contributed by atoms with van der Waals surface area (Å²) in [4.78, 5) is 28.2. The lowest BCUT2D eigenvalue weighted by molar-refractivity contribution is -0.143. The SMILES string of the molecule is CCCC(=O)N=c1sc2ccccc2n1CCC(=O)OCC. The van der Waals surface area contributed by atoms with Gasteiger partial charge in [0.1, 0.15) is 0 Å². The highest BCUT2D eigenvalue weighted by Gasteiger charge is 2.09. The molecule has 118 valence electrons.